The van der Waals surface area contributed by atoms with Crippen molar-refractivity contribution in [3.63, 3.8) is 0 Å². The van der Waals surface area contributed by atoms with Crippen molar-refractivity contribution < 1.29 is 14.3 Å². The molecule has 2 aromatic carbocycles. The molecule has 1 amide bonds. The van der Waals surface area contributed by atoms with E-state index in [1.54, 1.807) is 29.2 Å². The van der Waals surface area contributed by atoms with Crippen LogP contribution in [0.1, 0.15) is 28.3 Å². The number of rotatable bonds is 3. The summed E-state index contributed by atoms with van der Waals surface area (Å²) in [4.78, 5) is 26.1. The zero-order chi connectivity index (χ0) is 16.4. The van der Waals surface area contributed by atoms with Crippen LogP contribution in [0, 0.1) is 0 Å². The molecule has 1 heterocycles. The maximum absolute atomic E-state index is 12.8. The molecule has 3 rings (SSSR count). The number of halogens is 1. The molecule has 0 fully saturated rings. The Hall–Kier alpha value is -2.33. The van der Waals surface area contributed by atoms with Crippen molar-refractivity contribution in [3.05, 3.63) is 64.7 Å². The molecule has 0 saturated carbocycles. The first-order valence-electron chi connectivity index (χ1n) is 7.33. The van der Waals surface area contributed by atoms with Crippen LogP contribution < -0.4 is 4.90 Å². The second kappa shape index (κ2) is 6.42. The Morgan fingerprint density at radius 2 is 1.87 bits per heavy atom. The van der Waals surface area contributed by atoms with Crippen molar-refractivity contribution in [1.82, 2.24) is 0 Å². The van der Waals surface area contributed by atoms with Gasteiger partial charge in [-0.25, -0.2) is 0 Å². The number of anilines is 1. The summed E-state index contributed by atoms with van der Waals surface area (Å²) in [5.74, 6) is -0.415. The minimum atomic E-state index is -0.273. The Balaban J connectivity index is 1.90. The third-order valence-corrected chi connectivity index (χ3v) is 4.30. The molecule has 1 aliphatic rings. The second-order valence-electron chi connectivity index (χ2n) is 5.46. The van der Waals surface area contributed by atoms with Gasteiger partial charge < -0.3 is 9.64 Å². The van der Waals surface area contributed by atoms with Crippen LogP contribution in [0.3, 0.4) is 0 Å². The lowest BCUT2D eigenvalue weighted by Gasteiger charge is -2.18. The molecule has 0 aromatic heterocycles. The predicted octanol–water partition coefficient (Wildman–Crippen LogP) is 3.65. The van der Waals surface area contributed by atoms with Crippen molar-refractivity contribution >= 4 is 29.2 Å². The zero-order valence-corrected chi connectivity index (χ0v) is 13.4. The molecule has 4 nitrogen and oxygen atoms in total. The van der Waals surface area contributed by atoms with Gasteiger partial charge in [-0.1, -0.05) is 29.8 Å². The standard InChI is InChI=1S/C18H16ClNO3/c1-23-17(21)10-13-11-20(16-5-3-2-4-15(13)16)18(22)12-6-8-14(19)9-7-12/h2-9,13H,10-11H2,1H3. The Morgan fingerprint density at radius 3 is 2.57 bits per heavy atom. The SMILES string of the molecule is COC(=O)CC1CN(C(=O)c2ccc(Cl)cc2)c2ccccc21. The number of nitrogens with zero attached hydrogens (tertiary/aromatic N) is 1. The molecular weight excluding hydrogens is 314 g/mol. The van der Waals surface area contributed by atoms with E-state index in [1.165, 1.54) is 7.11 Å². The molecule has 5 heteroatoms. The van der Waals surface area contributed by atoms with Gasteiger partial charge >= 0.3 is 5.97 Å². The highest BCUT2D eigenvalue weighted by Crippen LogP contribution is 2.38. The average molecular weight is 330 g/mol. The molecule has 1 atom stereocenters. The molecular formula is C18H16ClNO3. The number of methoxy groups -OCH3 is 1. The highest BCUT2D eigenvalue weighted by atomic mass is 35.5. The molecule has 2 aromatic rings. The van der Waals surface area contributed by atoms with E-state index < -0.39 is 0 Å². The van der Waals surface area contributed by atoms with Crippen LogP contribution >= 0.6 is 11.6 Å². The van der Waals surface area contributed by atoms with E-state index in [-0.39, 0.29) is 24.2 Å². The molecule has 23 heavy (non-hydrogen) atoms. The van der Waals surface area contributed by atoms with Gasteiger partial charge in [0, 0.05) is 28.7 Å². The van der Waals surface area contributed by atoms with Gasteiger partial charge in [-0.05, 0) is 35.9 Å². The quantitative estimate of drug-likeness (QED) is 0.808. The van der Waals surface area contributed by atoms with Crippen molar-refractivity contribution in [3.8, 4) is 0 Å². The van der Waals surface area contributed by atoms with Gasteiger partial charge in [0.05, 0.1) is 13.5 Å². The van der Waals surface area contributed by atoms with Crippen molar-refractivity contribution in [2.24, 2.45) is 0 Å². The van der Waals surface area contributed by atoms with Crippen LogP contribution in [0.4, 0.5) is 5.69 Å². The normalized spacial score (nSPS) is 16.1. The van der Waals surface area contributed by atoms with Crippen LogP contribution in [-0.2, 0) is 9.53 Å². The van der Waals surface area contributed by atoms with E-state index in [4.69, 9.17) is 16.3 Å². The van der Waals surface area contributed by atoms with Crippen LogP contribution in [-0.4, -0.2) is 25.5 Å². The summed E-state index contributed by atoms with van der Waals surface area (Å²) in [5, 5.41) is 0.590. The number of esters is 1. The number of amides is 1. The van der Waals surface area contributed by atoms with Crippen LogP contribution in [0.5, 0.6) is 0 Å². The maximum atomic E-state index is 12.8. The number of hydrogen-bond donors (Lipinski definition) is 0. The molecule has 0 bridgehead atoms. The topological polar surface area (TPSA) is 46.6 Å². The molecule has 0 spiro atoms. The average Bonchev–Trinajstić information content (AvgIpc) is 2.93. The van der Waals surface area contributed by atoms with Crippen molar-refractivity contribution in [2.45, 2.75) is 12.3 Å². The fraction of sp³-hybridized carbons (Fsp3) is 0.222. The fourth-order valence-corrected chi connectivity index (χ4v) is 3.02. The van der Waals surface area contributed by atoms with E-state index in [2.05, 4.69) is 0 Å². The summed E-state index contributed by atoms with van der Waals surface area (Å²) in [6.45, 7) is 0.468. The van der Waals surface area contributed by atoms with Crippen molar-refractivity contribution in [1.29, 1.82) is 0 Å². The summed E-state index contributed by atoms with van der Waals surface area (Å²) in [6.07, 6.45) is 0.262. The second-order valence-corrected chi connectivity index (χ2v) is 5.90. The summed E-state index contributed by atoms with van der Waals surface area (Å²) in [7, 11) is 1.37. The third-order valence-electron chi connectivity index (χ3n) is 4.05. The van der Waals surface area contributed by atoms with Gasteiger partial charge in [-0.15, -0.1) is 0 Å². The summed E-state index contributed by atoms with van der Waals surface area (Å²) >= 11 is 5.88. The maximum Gasteiger partial charge on any atom is 0.306 e. The lowest BCUT2D eigenvalue weighted by Crippen LogP contribution is -2.30. The van der Waals surface area contributed by atoms with Gasteiger partial charge in [0.15, 0.2) is 0 Å². The fourth-order valence-electron chi connectivity index (χ4n) is 2.90. The Bertz CT molecular complexity index is 742. The number of carbonyl (C=O) groups is 2. The molecule has 118 valence electrons. The lowest BCUT2D eigenvalue weighted by atomic mass is 9.98. The molecule has 1 unspecified atom stereocenters. The number of fused-ring (bicyclic) bond motifs is 1. The van der Waals surface area contributed by atoms with E-state index in [0.717, 1.165) is 11.3 Å². The summed E-state index contributed by atoms with van der Waals surface area (Å²) in [6, 6.07) is 14.5. The lowest BCUT2D eigenvalue weighted by molar-refractivity contribution is -0.141. The van der Waals surface area contributed by atoms with Crippen LogP contribution in [0.15, 0.2) is 48.5 Å². The van der Waals surface area contributed by atoms with Gasteiger partial charge in [-0.3, -0.25) is 9.59 Å². The van der Waals surface area contributed by atoms with Gasteiger partial charge in [0.25, 0.3) is 5.91 Å². The van der Waals surface area contributed by atoms with Crippen LogP contribution in [0.25, 0.3) is 0 Å². The third kappa shape index (κ3) is 3.08. The molecule has 1 aliphatic heterocycles. The summed E-state index contributed by atoms with van der Waals surface area (Å²) < 4.78 is 4.76. The Labute approximate surface area is 139 Å². The Kier molecular flexibility index (Phi) is 4.35. The number of hydrogen-bond acceptors (Lipinski definition) is 3. The number of ether oxygens (including phenoxy) is 1. The smallest absolute Gasteiger partial charge is 0.306 e. The van der Waals surface area contributed by atoms with Gasteiger partial charge in [0.1, 0.15) is 0 Å². The predicted molar refractivity (Wildman–Crippen MR) is 88.9 cm³/mol. The van der Waals surface area contributed by atoms with Gasteiger partial charge in [0.2, 0.25) is 0 Å². The first-order chi connectivity index (χ1) is 11.1. The van der Waals surface area contributed by atoms with Crippen LogP contribution in [0.2, 0.25) is 5.02 Å². The zero-order valence-electron chi connectivity index (χ0n) is 12.7. The molecule has 0 radical (unpaired) electrons. The molecule has 0 aliphatic carbocycles. The van der Waals surface area contributed by atoms with E-state index in [1.807, 2.05) is 24.3 Å². The highest BCUT2D eigenvalue weighted by Gasteiger charge is 2.33. The Morgan fingerprint density at radius 1 is 1.17 bits per heavy atom. The first kappa shape index (κ1) is 15.6. The monoisotopic (exact) mass is 329 g/mol. The van der Waals surface area contributed by atoms with E-state index in [0.29, 0.717) is 17.1 Å². The largest absolute Gasteiger partial charge is 0.469 e. The van der Waals surface area contributed by atoms with Crippen molar-refractivity contribution in [2.75, 3.05) is 18.6 Å². The van der Waals surface area contributed by atoms with E-state index >= 15 is 0 Å². The first-order valence-corrected chi connectivity index (χ1v) is 7.71. The summed E-state index contributed by atoms with van der Waals surface area (Å²) in [5.41, 5.74) is 2.42. The number of carbonyl (C=O) groups excluding carboxylic acids is 2. The minimum absolute atomic E-state index is 0.0464. The van der Waals surface area contributed by atoms with Gasteiger partial charge in [-0.2, -0.15) is 0 Å². The number of para-hydroxylation sites is 1. The minimum Gasteiger partial charge on any atom is -0.469 e. The molecule has 0 N–H and O–H groups in total. The van der Waals surface area contributed by atoms with E-state index in [9.17, 15) is 9.59 Å². The molecule has 0 saturated heterocycles. The number of benzene rings is 2. The highest BCUT2D eigenvalue weighted by molar-refractivity contribution is 6.30.